The predicted octanol–water partition coefficient (Wildman–Crippen LogP) is 2.16. The van der Waals surface area contributed by atoms with Crippen LogP contribution < -0.4 is 15.2 Å². The molecule has 1 rings (SSSR count). The fourth-order valence-electron chi connectivity index (χ4n) is 1.55. The zero-order valence-electron chi connectivity index (χ0n) is 12.3. The molecule has 112 valence electrons. The minimum absolute atomic E-state index is 0.0361. The van der Waals surface area contributed by atoms with Crippen LogP contribution in [0.2, 0.25) is 0 Å². The molecule has 6 heteroatoms. The van der Waals surface area contributed by atoms with Gasteiger partial charge in [-0.25, -0.2) is 0 Å². The zero-order valence-corrected chi connectivity index (χ0v) is 13.9. The summed E-state index contributed by atoms with van der Waals surface area (Å²) in [6, 6.07) is 3.79. The zero-order chi connectivity index (χ0) is 15.3. The Morgan fingerprint density at radius 1 is 1.45 bits per heavy atom. The summed E-state index contributed by atoms with van der Waals surface area (Å²) in [4.78, 5) is 13.6. The molecule has 0 bridgehead atoms. The molecule has 0 aliphatic heterocycles. The topological polar surface area (TPSA) is 64.8 Å². The van der Waals surface area contributed by atoms with Gasteiger partial charge in [0.15, 0.2) is 18.1 Å². The second-order valence-corrected chi connectivity index (χ2v) is 5.55. The summed E-state index contributed by atoms with van der Waals surface area (Å²) < 4.78 is 11.6. The van der Waals surface area contributed by atoms with Crippen LogP contribution in [0, 0.1) is 0 Å². The van der Waals surface area contributed by atoms with Gasteiger partial charge in [-0.1, -0.05) is 0 Å². The normalized spacial score (nSPS) is 10.6. The summed E-state index contributed by atoms with van der Waals surface area (Å²) in [7, 11) is 3.30. The molecule has 0 heterocycles. The number of amides is 1. The second-order valence-electron chi connectivity index (χ2n) is 4.70. The van der Waals surface area contributed by atoms with E-state index in [2.05, 4.69) is 15.9 Å². The van der Waals surface area contributed by atoms with Gasteiger partial charge in [-0.3, -0.25) is 4.79 Å². The van der Waals surface area contributed by atoms with Crippen molar-refractivity contribution in [3.63, 3.8) is 0 Å². The van der Waals surface area contributed by atoms with Gasteiger partial charge in [0.2, 0.25) is 0 Å². The number of ether oxygens (including phenoxy) is 2. The van der Waals surface area contributed by atoms with E-state index in [0.29, 0.717) is 18.0 Å². The van der Waals surface area contributed by atoms with Gasteiger partial charge in [0.25, 0.3) is 5.91 Å². The smallest absolute Gasteiger partial charge is 0.260 e. The molecule has 0 aliphatic rings. The highest BCUT2D eigenvalue weighted by Gasteiger charge is 2.16. The van der Waals surface area contributed by atoms with Crippen molar-refractivity contribution in [2.45, 2.75) is 26.4 Å². The van der Waals surface area contributed by atoms with Crippen LogP contribution in [-0.2, 0) is 11.3 Å². The molecule has 0 aliphatic carbocycles. The van der Waals surface area contributed by atoms with Crippen LogP contribution in [0.5, 0.6) is 11.5 Å². The number of benzene rings is 1. The molecule has 0 atom stereocenters. The first-order valence-electron chi connectivity index (χ1n) is 6.35. The maximum atomic E-state index is 11.9. The monoisotopic (exact) mass is 344 g/mol. The third kappa shape index (κ3) is 4.11. The third-order valence-corrected chi connectivity index (χ3v) is 3.62. The highest BCUT2D eigenvalue weighted by molar-refractivity contribution is 9.10. The van der Waals surface area contributed by atoms with Gasteiger partial charge in [0, 0.05) is 19.6 Å². The minimum atomic E-state index is -0.0862. The van der Waals surface area contributed by atoms with E-state index in [1.54, 1.807) is 25.1 Å². The molecule has 1 aromatic rings. The molecule has 0 aromatic heterocycles. The summed E-state index contributed by atoms with van der Waals surface area (Å²) in [6.07, 6.45) is 0. The van der Waals surface area contributed by atoms with Crippen LogP contribution >= 0.6 is 15.9 Å². The van der Waals surface area contributed by atoms with Crippen molar-refractivity contribution in [2.24, 2.45) is 5.73 Å². The number of hydrogen-bond donors (Lipinski definition) is 1. The first kappa shape index (κ1) is 16.8. The van der Waals surface area contributed by atoms with Crippen molar-refractivity contribution in [3.8, 4) is 11.5 Å². The average Bonchev–Trinajstić information content (AvgIpc) is 2.43. The largest absolute Gasteiger partial charge is 0.493 e. The number of likely N-dealkylation sites (N-methyl/N-ethyl adjacent to an activating group) is 1. The van der Waals surface area contributed by atoms with E-state index in [9.17, 15) is 4.79 Å². The third-order valence-electron chi connectivity index (χ3n) is 3.03. The number of carbonyl (C=O) groups excluding carboxylic acids is 1. The quantitative estimate of drug-likeness (QED) is 0.858. The summed E-state index contributed by atoms with van der Waals surface area (Å²) in [5.41, 5.74) is 6.53. The van der Waals surface area contributed by atoms with Crippen molar-refractivity contribution in [3.05, 3.63) is 22.2 Å². The fraction of sp³-hybridized carbons (Fsp3) is 0.500. The van der Waals surface area contributed by atoms with E-state index in [1.807, 2.05) is 19.9 Å². The Morgan fingerprint density at radius 2 is 2.10 bits per heavy atom. The number of nitrogens with two attached hydrogens (primary N) is 1. The lowest BCUT2D eigenvalue weighted by Gasteiger charge is -2.22. The summed E-state index contributed by atoms with van der Waals surface area (Å²) in [5.74, 6) is 0.979. The molecular formula is C14H21BrN2O3. The molecular weight excluding hydrogens is 324 g/mol. The first-order valence-corrected chi connectivity index (χ1v) is 7.15. The van der Waals surface area contributed by atoms with Crippen molar-refractivity contribution >= 4 is 21.8 Å². The van der Waals surface area contributed by atoms with Gasteiger partial charge in [0.1, 0.15) is 0 Å². The molecule has 0 saturated carbocycles. The fourth-order valence-corrected chi connectivity index (χ4v) is 2.16. The molecule has 0 radical (unpaired) electrons. The molecule has 0 spiro atoms. The molecule has 20 heavy (non-hydrogen) atoms. The maximum absolute atomic E-state index is 11.9. The summed E-state index contributed by atoms with van der Waals surface area (Å²) in [6.45, 7) is 4.27. The highest BCUT2D eigenvalue weighted by Crippen LogP contribution is 2.36. The van der Waals surface area contributed by atoms with E-state index in [1.165, 1.54) is 0 Å². The van der Waals surface area contributed by atoms with Crippen molar-refractivity contribution in [1.29, 1.82) is 0 Å². The van der Waals surface area contributed by atoms with Crippen LogP contribution in [0.4, 0.5) is 0 Å². The molecule has 0 saturated heterocycles. The first-order chi connectivity index (χ1) is 9.40. The lowest BCUT2D eigenvalue weighted by molar-refractivity contribution is -0.133. The number of rotatable bonds is 6. The van der Waals surface area contributed by atoms with E-state index >= 15 is 0 Å². The van der Waals surface area contributed by atoms with Crippen LogP contribution in [0.15, 0.2) is 16.6 Å². The van der Waals surface area contributed by atoms with Gasteiger partial charge in [-0.15, -0.1) is 0 Å². The van der Waals surface area contributed by atoms with E-state index < -0.39 is 0 Å². The Kier molecular flexibility index (Phi) is 6.29. The molecule has 1 aromatic carbocycles. The number of carbonyl (C=O) groups is 1. The molecule has 0 fully saturated rings. The van der Waals surface area contributed by atoms with E-state index in [0.717, 1.165) is 10.0 Å². The Morgan fingerprint density at radius 3 is 2.60 bits per heavy atom. The second kappa shape index (κ2) is 7.50. The van der Waals surface area contributed by atoms with Gasteiger partial charge < -0.3 is 20.1 Å². The molecule has 2 N–H and O–H groups in total. The maximum Gasteiger partial charge on any atom is 0.260 e. The Hall–Kier alpha value is -1.27. The Labute approximate surface area is 128 Å². The predicted molar refractivity (Wildman–Crippen MR) is 82.0 cm³/mol. The highest BCUT2D eigenvalue weighted by atomic mass is 79.9. The van der Waals surface area contributed by atoms with Crippen molar-refractivity contribution < 1.29 is 14.3 Å². The van der Waals surface area contributed by atoms with Crippen LogP contribution in [0.3, 0.4) is 0 Å². The average molecular weight is 345 g/mol. The van der Waals surface area contributed by atoms with Gasteiger partial charge in [-0.2, -0.15) is 0 Å². The molecule has 5 nitrogen and oxygen atoms in total. The standard InChI is InChI=1S/C14H21BrN2O3/c1-9(2)17(3)13(18)8-20-14-11(15)5-10(7-16)6-12(14)19-4/h5-6,9H,7-8,16H2,1-4H3. The minimum Gasteiger partial charge on any atom is -0.493 e. The van der Waals surface area contributed by atoms with E-state index in [-0.39, 0.29) is 18.6 Å². The number of hydrogen-bond acceptors (Lipinski definition) is 4. The van der Waals surface area contributed by atoms with Crippen LogP contribution in [0.1, 0.15) is 19.4 Å². The Balaban J connectivity index is 2.85. The van der Waals surface area contributed by atoms with Gasteiger partial charge >= 0.3 is 0 Å². The van der Waals surface area contributed by atoms with Gasteiger partial charge in [0.05, 0.1) is 11.6 Å². The molecule has 0 unspecified atom stereocenters. The lowest BCUT2D eigenvalue weighted by Crippen LogP contribution is -2.36. The lowest BCUT2D eigenvalue weighted by atomic mass is 10.2. The SMILES string of the molecule is COc1cc(CN)cc(Br)c1OCC(=O)N(C)C(C)C. The van der Waals surface area contributed by atoms with Crippen molar-refractivity contribution in [2.75, 3.05) is 20.8 Å². The number of halogens is 1. The number of nitrogens with zero attached hydrogens (tertiary/aromatic N) is 1. The number of methoxy groups -OCH3 is 1. The van der Waals surface area contributed by atoms with Crippen LogP contribution in [0.25, 0.3) is 0 Å². The van der Waals surface area contributed by atoms with Gasteiger partial charge in [-0.05, 0) is 47.5 Å². The molecule has 1 amide bonds. The summed E-state index contributed by atoms with van der Waals surface area (Å²) >= 11 is 3.41. The summed E-state index contributed by atoms with van der Waals surface area (Å²) in [5, 5.41) is 0. The Bertz CT molecular complexity index is 478. The van der Waals surface area contributed by atoms with E-state index in [4.69, 9.17) is 15.2 Å². The van der Waals surface area contributed by atoms with Crippen LogP contribution in [-0.4, -0.2) is 37.6 Å². The van der Waals surface area contributed by atoms with Crippen molar-refractivity contribution in [1.82, 2.24) is 4.90 Å².